The molecule has 0 atom stereocenters. The smallest absolute Gasteiger partial charge is 0.235 e. The van der Waals surface area contributed by atoms with Crippen molar-refractivity contribution in [1.29, 1.82) is 5.26 Å². The van der Waals surface area contributed by atoms with Crippen molar-refractivity contribution < 1.29 is 8.42 Å². The zero-order chi connectivity index (χ0) is 15.7. The van der Waals surface area contributed by atoms with E-state index in [1.54, 1.807) is 30.3 Å². The van der Waals surface area contributed by atoms with Gasteiger partial charge in [0.1, 0.15) is 6.07 Å². The molecule has 2 N–H and O–H groups in total. The van der Waals surface area contributed by atoms with Crippen LogP contribution in [0.1, 0.15) is 12.0 Å². The lowest BCUT2D eigenvalue weighted by Crippen LogP contribution is -2.26. The number of hydrogen-bond acceptors (Lipinski definition) is 5. The van der Waals surface area contributed by atoms with Crippen LogP contribution >= 0.6 is 0 Å². The highest BCUT2D eigenvalue weighted by molar-refractivity contribution is 7.93. The van der Waals surface area contributed by atoms with Crippen molar-refractivity contribution in [2.45, 2.75) is 6.42 Å². The first kappa shape index (κ1) is 14.4. The molecule has 0 unspecified atom stereocenters. The summed E-state index contributed by atoms with van der Waals surface area (Å²) >= 11 is 0. The topological polar surface area (TPSA) is 100 Å². The lowest BCUT2D eigenvalue weighted by molar-refractivity contribution is 0.599. The zero-order valence-electron chi connectivity index (χ0n) is 11.7. The molecule has 0 aliphatic carbocycles. The van der Waals surface area contributed by atoms with Crippen LogP contribution in [0.25, 0.3) is 11.3 Å². The largest absolute Gasteiger partial charge is 0.397 e. The number of nitrogens with zero attached hydrogens (tertiary/aromatic N) is 3. The Bertz CT molecular complexity index is 854. The Kier molecular flexibility index (Phi) is 3.47. The Morgan fingerprint density at radius 2 is 2.09 bits per heavy atom. The summed E-state index contributed by atoms with van der Waals surface area (Å²) in [5, 5.41) is 8.80. The normalized spacial score (nSPS) is 16.4. The van der Waals surface area contributed by atoms with Crippen molar-refractivity contribution in [3.05, 3.63) is 42.1 Å². The Hall–Kier alpha value is -2.59. The Morgan fingerprint density at radius 1 is 1.27 bits per heavy atom. The van der Waals surface area contributed by atoms with Crippen molar-refractivity contribution in [3.8, 4) is 17.3 Å². The predicted octanol–water partition coefficient (Wildman–Crippen LogP) is 1.74. The summed E-state index contributed by atoms with van der Waals surface area (Å²) in [5.41, 5.74) is 8.75. The highest BCUT2D eigenvalue weighted by atomic mass is 32.2. The fraction of sp³-hybridized carbons (Fsp3) is 0.200. The molecule has 0 bridgehead atoms. The second-order valence-electron chi connectivity index (χ2n) is 5.06. The molecule has 1 saturated heterocycles. The van der Waals surface area contributed by atoms with Gasteiger partial charge in [0.25, 0.3) is 0 Å². The lowest BCUT2D eigenvalue weighted by atomic mass is 10.1. The van der Waals surface area contributed by atoms with Gasteiger partial charge in [-0.05, 0) is 30.7 Å². The van der Waals surface area contributed by atoms with Gasteiger partial charge in [-0.1, -0.05) is 6.07 Å². The minimum absolute atomic E-state index is 0.145. The summed E-state index contributed by atoms with van der Waals surface area (Å²) in [6, 6.07) is 10.6. The van der Waals surface area contributed by atoms with Crippen LogP contribution < -0.4 is 10.0 Å². The van der Waals surface area contributed by atoms with Crippen LogP contribution in [0.2, 0.25) is 0 Å². The van der Waals surface area contributed by atoms with E-state index in [1.165, 1.54) is 10.5 Å². The molecule has 1 aliphatic rings. The minimum atomic E-state index is -3.28. The maximum atomic E-state index is 12.1. The molecule has 1 aromatic heterocycles. The number of benzene rings is 1. The quantitative estimate of drug-likeness (QED) is 0.851. The van der Waals surface area contributed by atoms with E-state index in [0.717, 1.165) is 5.56 Å². The van der Waals surface area contributed by atoms with Gasteiger partial charge >= 0.3 is 0 Å². The van der Waals surface area contributed by atoms with Gasteiger partial charge in [-0.25, -0.2) is 8.42 Å². The molecule has 0 amide bonds. The van der Waals surface area contributed by atoms with Crippen LogP contribution in [0, 0.1) is 11.3 Å². The summed E-state index contributed by atoms with van der Waals surface area (Å²) in [7, 11) is -3.28. The SMILES string of the molecule is N#Cc1ccc(-c2ccc(N)c(N3CCCS3(=O)=O)c2)nc1. The summed E-state index contributed by atoms with van der Waals surface area (Å²) in [6.45, 7) is 0.441. The van der Waals surface area contributed by atoms with E-state index in [9.17, 15) is 8.42 Å². The van der Waals surface area contributed by atoms with E-state index in [4.69, 9.17) is 11.0 Å². The first-order valence-electron chi connectivity index (χ1n) is 6.78. The number of nitrogen functional groups attached to an aromatic ring is 1. The van der Waals surface area contributed by atoms with Gasteiger partial charge in [-0.2, -0.15) is 5.26 Å². The van der Waals surface area contributed by atoms with Crippen molar-refractivity contribution in [2.24, 2.45) is 0 Å². The number of rotatable bonds is 2. The number of sulfonamides is 1. The molecule has 7 heteroatoms. The van der Waals surface area contributed by atoms with Crippen LogP contribution in [-0.4, -0.2) is 25.7 Å². The molecule has 112 valence electrons. The van der Waals surface area contributed by atoms with Gasteiger partial charge in [0, 0.05) is 18.3 Å². The molecule has 2 heterocycles. The fourth-order valence-corrected chi connectivity index (χ4v) is 4.04. The molecule has 6 nitrogen and oxygen atoms in total. The van der Waals surface area contributed by atoms with Gasteiger partial charge in [-0.15, -0.1) is 0 Å². The maximum absolute atomic E-state index is 12.1. The lowest BCUT2D eigenvalue weighted by Gasteiger charge is -2.19. The number of hydrogen-bond donors (Lipinski definition) is 1. The van der Waals surface area contributed by atoms with Crippen LogP contribution in [-0.2, 0) is 10.0 Å². The van der Waals surface area contributed by atoms with Crippen molar-refractivity contribution >= 4 is 21.4 Å². The molecular weight excluding hydrogens is 300 g/mol. The molecule has 0 saturated carbocycles. The third-order valence-corrected chi connectivity index (χ3v) is 5.44. The number of nitrogens with two attached hydrogens (primary N) is 1. The molecule has 2 aromatic rings. The minimum Gasteiger partial charge on any atom is -0.397 e. The Morgan fingerprint density at radius 3 is 2.68 bits per heavy atom. The predicted molar refractivity (Wildman–Crippen MR) is 84.6 cm³/mol. The standard InChI is InChI=1S/C15H14N4O2S/c16-9-11-2-5-14(18-10-11)12-3-4-13(17)15(8-12)19-6-1-7-22(19,20)21/h2-5,8,10H,1,6-7,17H2. The molecule has 1 aromatic carbocycles. The summed E-state index contributed by atoms with van der Waals surface area (Å²) < 4.78 is 25.5. The Labute approximate surface area is 128 Å². The van der Waals surface area contributed by atoms with Crippen LogP contribution in [0.3, 0.4) is 0 Å². The average Bonchev–Trinajstić information content (AvgIpc) is 2.87. The number of aromatic nitrogens is 1. The van der Waals surface area contributed by atoms with E-state index < -0.39 is 10.0 Å². The fourth-order valence-electron chi connectivity index (χ4n) is 2.46. The third-order valence-electron chi connectivity index (χ3n) is 3.59. The first-order chi connectivity index (χ1) is 10.5. The van der Waals surface area contributed by atoms with Crippen molar-refractivity contribution in [1.82, 2.24) is 4.98 Å². The first-order valence-corrected chi connectivity index (χ1v) is 8.39. The molecule has 1 aliphatic heterocycles. The van der Waals surface area contributed by atoms with Gasteiger partial charge in [0.15, 0.2) is 0 Å². The summed E-state index contributed by atoms with van der Waals surface area (Å²) in [4.78, 5) is 4.22. The van der Waals surface area contributed by atoms with E-state index >= 15 is 0 Å². The number of nitriles is 1. The van der Waals surface area contributed by atoms with Crippen LogP contribution in [0.15, 0.2) is 36.5 Å². The molecular formula is C15H14N4O2S. The van der Waals surface area contributed by atoms with Gasteiger partial charge in [0.05, 0.1) is 28.4 Å². The van der Waals surface area contributed by atoms with Crippen molar-refractivity contribution in [3.63, 3.8) is 0 Å². The highest BCUT2D eigenvalue weighted by Gasteiger charge is 2.29. The van der Waals surface area contributed by atoms with Gasteiger partial charge < -0.3 is 5.73 Å². The number of anilines is 2. The third kappa shape index (κ3) is 2.49. The zero-order valence-corrected chi connectivity index (χ0v) is 12.5. The number of pyridine rings is 1. The van der Waals surface area contributed by atoms with E-state index in [2.05, 4.69) is 4.98 Å². The monoisotopic (exact) mass is 314 g/mol. The van der Waals surface area contributed by atoms with Crippen LogP contribution in [0.5, 0.6) is 0 Å². The maximum Gasteiger partial charge on any atom is 0.235 e. The van der Waals surface area contributed by atoms with Gasteiger partial charge in [0.2, 0.25) is 10.0 Å². The molecule has 0 spiro atoms. The van der Waals surface area contributed by atoms with Crippen molar-refractivity contribution in [2.75, 3.05) is 22.3 Å². The molecule has 0 radical (unpaired) electrons. The van der Waals surface area contributed by atoms with E-state index in [0.29, 0.717) is 35.6 Å². The summed E-state index contributed by atoms with van der Waals surface area (Å²) in [5.74, 6) is 0.145. The molecule has 1 fully saturated rings. The average molecular weight is 314 g/mol. The second kappa shape index (κ2) is 5.31. The van der Waals surface area contributed by atoms with E-state index in [1.807, 2.05) is 6.07 Å². The Balaban J connectivity index is 2.05. The highest BCUT2D eigenvalue weighted by Crippen LogP contribution is 2.33. The van der Waals surface area contributed by atoms with Gasteiger partial charge in [-0.3, -0.25) is 9.29 Å². The molecule has 3 rings (SSSR count). The summed E-state index contributed by atoms with van der Waals surface area (Å²) in [6.07, 6.45) is 2.08. The second-order valence-corrected chi connectivity index (χ2v) is 7.07. The molecule has 22 heavy (non-hydrogen) atoms. The van der Waals surface area contributed by atoms with Crippen LogP contribution in [0.4, 0.5) is 11.4 Å². The van der Waals surface area contributed by atoms with E-state index in [-0.39, 0.29) is 5.75 Å².